The van der Waals surface area contributed by atoms with Crippen LogP contribution in [0.4, 0.5) is 4.39 Å². The van der Waals surface area contributed by atoms with E-state index < -0.39 is 5.54 Å². The third-order valence-electron chi connectivity index (χ3n) is 2.79. The van der Waals surface area contributed by atoms with Crippen molar-refractivity contribution in [2.75, 3.05) is 0 Å². The predicted octanol–water partition coefficient (Wildman–Crippen LogP) is 3.22. The zero-order chi connectivity index (χ0) is 12.2. The molecule has 0 saturated heterocycles. The molecule has 0 bridgehead atoms. The highest BCUT2D eigenvalue weighted by molar-refractivity contribution is 5.14. The lowest BCUT2D eigenvalue weighted by Crippen LogP contribution is -2.34. The van der Waals surface area contributed by atoms with E-state index in [1.165, 1.54) is 12.3 Å². The zero-order valence-corrected chi connectivity index (χ0v) is 10.3. The van der Waals surface area contributed by atoms with Crippen LogP contribution in [0.2, 0.25) is 0 Å². The first-order valence-electron chi connectivity index (χ1n) is 5.83. The van der Waals surface area contributed by atoms with Crippen molar-refractivity contribution < 1.29 is 4.39 Å². The highest BCUT2D eigenvalue weighted by Gasteiger charge is 2.22. The van der Waals surface area contributed by atoms with Crippen LogP contribution in [-0.2, 0) is 5.54 Å². The maximum atomic E-state index is 12.7. The van der Waals surface area contributed by atoms with Gasteiger partial charge < -0.3 is 5.73 Å². The number of hydrogen-bond acceptors (Lipinski definition) is 2. The van der Waals surface area contributed by atoms with Crippen molar-refractivity contribution in [3.05, 3.63) is 29.8 Å². The summed E-state index contributed by atoms with van der Waals surface area (Å²) in [5.41, 5.74) is 6.50. The fourth-order valence-electron chi connectivity index (χ4n) is 1.72. The lowest BCUT2D eigenvalue weighted by molar-refractivity contribution is 0.396. The van der Waals surface area contributed by atoms with Gasteiger partial charge in [0.15, 0.2) is 0 Å². The van der Waals surface area contributed by atoms with Crippen molar-refractivity contribution in [2.45, 2.75) is 45.6 Å². The van der Waals surface area contributed by atoms with Crippen LogP contribution in [0.15, 0.2) is 18.3 Å². The smallest absolute Gasteiger partial charge is 0.141 e. The molecule has 0 aliphatic heterocycles. The normalized spacial score (nSPS) is 15.1. The minimum Gasteiger partial charge on any atom is -0.320 e. The van der Waals surface area contributed by atoms with Crippen LogP contribution >= 0.6 is 0 Å². The van der Waals surface area contributed by atoms with Gasteiger partial charge >= 0.3 is 0 Å². The summed E-state index contributed by atoms with van der Waals surface area (Å²) >= 11 is 0. The maximum absolute atomic E-state index is 12.7. The van der Waals surface area contributed by atoms with E-state index in [-0.39, 0.29) is 5.82 Å². The van der Waals surface area contributed by atoms with Crippen LogP contribution in [0.3, 0.4) is 0 Å². The fourth-order valence-corrected chi connectivity index (χ4v) is 1.72. The molecule has 0 spiro atoms. The molecule has 0 radical (unpaired) electrons. The van der Waals surface area contributed by atoms with Crippen molar-refractivity contribution in [3.8, 4) is 0 Å². The van der Waals surface area contributed by atoms with Gasteiger partial charge in [-0.25, -0.2) is 4.39 Å². The Morgan fingerprint density at radius 1 is 1.44 bits per heavy atom. The Morgan fingerprint density at radius 2 is 2.12 bits per heavy atom. The monoisotopic (exact) mass is 224 g/mol. The molecule has 0 amide bonds. The number of hydrogen-bond donors (Lipinski definition) is 1. The third kappa shape index (κ3) is 3.89. The number of halogens is 1. The molecule has 1 aromatic rings. The molecule has 0 aliphatic carbocycles. The van der Waals surface area contributed by atoms with E-state index in [4.69, 9.17) is 5.73 Å². The van der Waals surface area contributed by atoms with E-state index in [2.05, 4.69) is 18.8 Å². The molecule has 0 fully saturated rings. The SMILES string of the molecule is CC(C)CCCC(C)(N)c1ccc(F)cn1. The average Bonchev–Trinajstić information content (AvgIpc) is 2.17. The lowest BCUT2D eigenvalue weighted by atomic mass is 9.90. The molecule has 1 atom stereocenters. The molecule has 2 N–H and O–H groups in total. The second-order valence-electron chi connectivity index (χ2n) is 5.07. The van der Waals surface area contributed by atoms with Crippen molar-refractivity contribution in [1.82, 2.24) is 4.98 Å². The molecular formula is C13H21FN2. The number of nitrogens with two attached hydrogens (primary N) is 1. The number of pyridine rings is 1. The largest absolute Gasteiger partial charge is 0.320 e. The van der Waals surface area contributed by atoms with Gasteiger partial charge in [-0.3, -0.25) is 4.98 Å². The van der Waals surface area contributed by atoms with Gasteiger partial charge in [0.05, 0.1) is 17.4 Å². The number of aromatic nitrogens is 1. The first-order chi connectivity index (χ1) is 7.42. The molecule has 1 aromatic heterocycles. The van der Waals surface area contributed by atoms with Gasteiger partial charge in [-0.2, -0.15) is 0 Å². The van der Waals surface area contributed by atoms with Crippen LogP contribution in [0, 0.1) is 11.7 Å². The Labute approximate surface area is 97.1 Å². The van der Waals surface area contributed by atoms with Gasteiger partial charge in [-0.15, -0.1) is 0 Å². The molecule has 2 nitrogen and oxygen atoms in total. The standard InChI is InChI=1S/C13H21FN2/c1-10(2)5-4-8-13(3,15)12-7-6-11(14)9-16-12/h6-7,9-10H,4-5,8,15H2,1-3H3. The molecule has 0 aromatic carbocycles. The molecule has 90 valence electrons. The van der Waals surface area contributed by atoms with Crippen molar-refractivity contribution in [3.63, 3.8) is 0 Å². The van der Waals surface area contributed by atoms with Crippen LogP contribution in [0.1, 0.15) is 45.7 Å². The first-order valence-corrected chi connectivity index (χ1v) is 5.83. The summed E-state index contributed by atoms with van der Waals surface area (Å²) < 4.78 is 12.7. The summed E-state index contributed by atoms with van der Waals surface area (Å²) in [5, 5.41) is 0. The highest BCUT2D eigenvalue weighted by atomic mass is 19.1. The molecule has 3 heteroatoms. The minimum absolute atomic E-state index is 0.318. The fraction of sp³-hybridized carbons (Fsp3) is 0.615. The van der Waals surface area contributed by atoms with Crippen molar-refractivity contribution in [1.29, 1.82) is 0 Å². The Hall–Kier alpha value is -0.960. The summed E-state index contributed by atoms with van der Waals surface area (Å²) in [6.07, 6.45) is 4.34. The second kappa shape index (κ2) is 5.39. The molecule has 0 aliphatic rings. The Bertz CT molecular complexity index is 317. The van der Waals surface area contributed by atoms with Gasteiger partial charge in [0, 0.05) is 0 Å². The van der Waals surface area contributed by atoms with Crippen LogP contribution in [0.25, 0.3) is 0 Å². The van der Waals surface area contributed by atoms with E-state index in [0.717, 1.165) is 25.0 Å². The Kier molecular flexibility index (Phi) is 4.42. The second-order valence-corrected chi connectivity index (χ2v) is 5.07. The molecular weight excluding hydrogens is 203 g/mol. The molecule has 1 heterocycles. The summed E-state index contributed by atoms with van der Waals surface area (Å²) in [5.74, 6) is 0.374. The van der Waals surface area contributed by atoms with E-state index in [1.54, 1.807) is 6.07 Å². The van der Waals surface area contributed by atoms with E-state index >= 15 is 0 Å². The Morgan fingerprint density at radius 3 is 2.62 bits per heavy atom. The summed E-state index contributed by atoms with van der Waals surface area (Å²) in [7, 11) is 0. The predicted molar refractivity (Wildman–Crippen MR) is 64.4 cm³/mol. The van der Waals surface area contributed by atoms with Crippen LogP contribution in [0.5, 0.6) is 0 Å². The Balaban J connectivity index is 2.59. The quantitative estimate of drug-likeness (QED) is 0.834. The van der Waals surface area contributed by atoms with Crippen LogP contribution < -0.4 is 5.73 Å². The molecule has 1 unspecified atom stereocenters. The number of nitrogens with zero attached hydrogens (tertiary/aromatic N) is 1. The lowest BCUT2D eigenvalue weighted by Gasteiger charge is -2.24. The van der Waals surface area contributed by atoms with Gasteiger partial charge in [0.2, 0.25) is 0 Å². The molecule has 1 rings (SSSR count). The van der Waals surface area contributed by atoms with E-state index in [9.17, 15) is 4.39 Å². The van der Waals surface area contributed by atoms with Gasteiger partial charge in [-0.05, 0) is 31.4 Å². The minimum atomic E-state index is -0.456. The van der Waals surface area contributed by atoms with Crippen LogP contribution in [-0.4, -0.2) is 4.98 Å². The number of rotatable bonds is 5. The average molecular weight is 224 g/mol. The maximum Gasteiger partial charge on any atom is 0.141 e. The molecule has 0 saturated carbocycles. The summed E-state index contributed by atoms with van der Waals surface area (Å²) in [6.45, 7) is 6.35. The molecule has 16 heavy (non-hydrogen) atoms. The van der Waals surface area contributed by atoms with Crippen molar-refractivity contribution in [2.24, 2.45) is 11.7 Å². The van der Waals surface area contributed by atoms with E-state index in [0.29, 0.717) is 5.92 Å². The third-order valence-corrected chi connectivity index (χ3v) is 2.79. The summed E-state index contributed by atoms with van der Waals surface area (Å²) in [4.78, 5) is 4.05. The zero-order valence-electron chi connectivity index (χ0n) is 10.3. The van der Waals surface area contributed by atoms with Gasteiger partial charge in [-0.1, -0.05) is 26.7 Å². The van der Waals surface area contributed by atoms with Gasteiger partial charge in [0.1, 0.15) is 5.82 Å². The van der Waals surface area contributed by atoms with E-state index in [1.807, 2.05) is 6.92 Å². The first kappa shape index (κ1) is 13.1. The summed E-state index contributed by atoms with van der Waals surface area (Å²) in [6, 6.07) is 3.08. The van der Waals surface area contributed by atoms with Crippen molar-refractivity contribution >= 4 is 0 Å². The topological polar surface area (TPSA) is 38.9 Å². The van der Waals surface area contributed by atoms with Gasteiger partial charge in [0.25, 0.3) is 0 Å². The highest BCUT2D eigenvalue weighted by Crippen LogP contribution is 2.23.